The van der Waals surface area contributed by atoms with Gasteiger partial charge in [-0.05, 0) is 30.5 Å². The van der Waals surface area contributed by atoms with Gasteiger partial charge >= 0.3 is 0 Å². The topological polar surface area (TPSA) is 41.5 Å². The van der Waals surface area contributed by atoms with E-state index in [1.165, 1.54) is 0 Å². The Kier molecular flexibility index (Phi) is 5.55. The first-order valence-corrected chi connectivity index (χ1v) is 7.80. The van der Waals surface area contributed by atoms with Crippen LogP contribution in [-0.4, -0.2) is 23.4 Å². The molecule has 0 spiro atoms. The number of benzene rings is 1. The predicted molar refractivity (Wildman–Crippen MR) is 82.3 cm³/mol. The fraction of sp³-hybridized carbons (Fsp3) is 0.385. The van der Waals surface area contributed by atoms with Crippen molar-refractivity contribution >= 4 is 46.0 Å². The van der Waals surface area contributed by atoms with Gasteiger partial charge in [-0.15, -0.1) is 0 Å². The van der Waals surface area contributed by atoms with Crippen molar-refractivity contribution in [2.24, 2.45) is 4.99 Å². The van der Waals surface area contributed by atoms with Crippen LogP contribution in [0.4, 0.5) is 0 Å². The standard InChI is InChI=1S/C13H14Cl2N2OS/c14-10-5-4-9(8-11(10)15)2-1-3-12(18)17-13-16-6-7-19-13/h4-5,8H,1-3,6-7H2,(H,16,17,18). The Morgan fingerprint density at radius 3 is 2.89 bits per heavy atom. The number of nitrogens with one attached hydrogen (secondary N) is 1. The first kappa shape index (κ1) is 14.7. The van der Waals surface area contributed by atoms with Gasteiger partial charge in [0.1, 0.15) is 0 Å². The average Bonchev–Trinajstić information content (AvgIpc) is 2.86. The highest BCUT2D eigenvalue weighted by Gasteiger charge is 2.10. The fourth-order valence-corrected chi connectivity index (χ4v) is 2.81. The van der Waals surface area contributed by atoms with Crippen molar-refractivity contribution in [1.29, 1.82) is 0 Å². The van der Waals surface area contributed by atoms with Gasteiger partial charge < -0.3 is 5.32 Å². The van der Waals surface area contributed by atoms with Gasteiger partial charge in [-0.2, -0.15) is 0 Å². The number of hydrogen-bond acceptors (Lipinski definition) is 3. The van der Waals surface area contributed by atoms with E-state index < -0.39 is 0 Å². The van der Waals surface area contributed by atoms with Gasteiger partial charge in [0, 0.05) is 12.2 Å². The lowest BCUT2D eigenvalue weighted by Gasteiger charge is -2.05. The summed E-state index contributed by atoms with van der Waals surface area (Å²) in [4.78, 5) is 15.8. The third-order valence-electron chi connectivity index (χ3n) is 2.69. The summed E-state index contributed by atoms with van der Waals surface area (Å²) in [5, 5.41) is 4.67. The molecule has 2 rings (SSSR count). The molecule has 1 aliphatic rings. The molecule has 0 aromatic heterocycles. The SMILES string of the molecule is O=C(CCCc1ccc(Cl)c(Cl)c1)NC1=NCCS1. The number of carbonyl (C=O) groups is 1. The second-order valence-electron chi connectivity index (χ2n) is 4.19. The number of nitrogens with zero attached hydrogens (tertiary/aromatic N) is 1. The molecule has 6 heteroatoms. The summed E-state index contributed by atoms with van der Waals surface area (Å²) < 4.78 is 0. The van der Waals surface area contributed by atoms with Crippen LogP contribution < -0.4 is 5.32 Å². The van der Waals surface area contributed by atoms with Gasteiger partial charge in [-0.1, -0.05) is 41.0 Å². The molecule has 3 nitrogen and oxygen atoms in total. The quantitative estimate of drug-likeness (QED) is 0.923. The molecule has 1 aromatic carbocycles. The number of aryl methyl sites for hydroxylation is 1. The summed E-state index contributed by atoms with van der Waals surface area (Å²) in [5.74, 6) is 0.979. The van der Waals surface area contributed by atoms with E-state index in [0.29, 0.717) is 16.5 Å². The first-order chi connectivity index (χ1) is 9.15. The molecule has 1 aliphatic heterocycles. The zero-order valence-corrected chi connectivity index (χ0v) is 12.6. The minimum Gasteiger partial charge on any atom is -0.305 e. The van der Waals surface area contributed by atoms with E-state index in [1.807, 2.05) is 12.1 Å². The summed E-state index contributed by atoms with van der Waals surface area (Å²) in [6.45, 7) is 0.795. The van der Waals surface area contributed by atoms with E-state index in [9.17, 15) is 4.79 Å². The van der Waals surface area contributed by atoms with Crippen molar-refractivity contribution < 1.29 is 4.79 Å². The second kappa shape index (κ2) is 7.17. The summed E-state index contributed by atoms with van der Waals surface area (Å²) in [7, 11) is 0. The Hall–Kier alpha value is -0.710. The number of amidine groups is 1. The number of halogens is 2. The molecule has 1 heterocycles. The zero-order valence-electron chi connectivity index (χ0n) is 10.3. The summed E-state index contributed by atoms with van der Waals surface area (Å²) >= 11 is 13.4. The number of thioether (sulfide) groups is 1. The lowest BCUT2D eigenvalue weighted by atomic mass is 10.1. The summed E-state index contributed by atoms with van der Waals surface area (Å²) in [6, 6.07) is 5.56. The maximum absolute atomic E-state index is 11.7. The molecule has 0 atom stereocenters. The van der Waals surface area contributed by atoms with E-state index >= 15 is 0 Å². The zero-order chi connectivity index (χ0) is 13.7. The maximum atomic E-state index is 11.7. The number of amides is 1. The Morgan fingerprint density at radius 1 is 1.37 bits per heavy atom. The van der Waals surface area contributed by atoms with Crippen LogP contribution in [0, 0.1) is 0 Å². The van der Waals surface area contributed by atoms with Crippen LogP contribution >= 0.6 is 35.0 Å². The van der Waals surface area contributed by atoms with Crippen molar-refractivity contribution in [3.63, 3.8) is 0 Å². The van der Waals surface area contributed by atoms with Crippen molar-refractivity contribution in [1.82, 2.24) is 5.32 Å². The Labute approximate surface area is 126 Å². The van der Waals surface area contributed by atoms with Gasteiger partial charge in [0.15, 0.2) is 5.17 Å². The highest BCUT2D eigenvalue weighted by Crippen LogP contribution is 2.23. The lowest BCUT2D eigenvalue weighted by molar-refractivity contribution is -0.119. The molecule has 0 saturated heterocycles. The minimum absolute atomic E-state index is 0.0215. The summed E-state index contributed by atoms with van der Waals surface area (Å²) in [6.07, 6.45) is 2.07. The Bertz CT molecular complexity index is 505. The molecular formula is C13H14Cl2N2OS. The van der Waals surface area contributed by atoms with Crippen LogP contribution in [-0.2, 0) is 11.2 Å². The van der Waals surface area contributed by atoms with Crippen LogP contribution in [0.1, 0.15) is 18.4 Å². The maximum Gasteiger partial charge on any atom is 0.225 e. The van der Waals surface area contributed by atoms with E-state index in [1.54, 1.807) is 17.8 Å². The molecule has 1 amide bonds. The third kappa shape index (κ3) is 4.71. The molecule has 0 unspecified atom stereocenters. The van der Waals surface area contributed by atoms with E-state index in [-0.39, 0.29) is 5.91 Å². The molecule has 19 heavy (non-hydrogen) atoms. The Morgan fingerprint density at radius 2 is 2.21 bits per heavy atom. The molecule has 0 bridgehead atoms. The van der Waals surface area contributed by atoms with Crippen LogP contribution in [0.5, 0.6) is 0 Å². The highest BCUT2D eigenvalue weighted by atomic mass is 35.5. The van der Waals surface area contributed by atoms with Crippen molar-refractivity contribution in [3.05, 3.63) is 33.8 Å². The van der Waals surface area contributed by atoms with E-state index in [4.69, 9.17) is 23.2 Å². The van der Waals surface area contributed by atoms with Crippen molar-refractivity contribution in [3.8, 4) is 0 Å². The van der Waals surface area contributed by atoms with E-state index in [0.717, 1.165) is 35.9 Å². The second-order valence-corrected chi connectivity index (χ2v) is 6.08. The number of hydrogen-bond donors (Lipinski definition) is 1. The summed E-state index contributed by atoms with van der Waals surface area (Å²) in [5.41, 5.74) is 1.09. The number of aliphatic imine (C=N–C) groups is 1. The van der Waals surface area contributed by atoms with Gasteiger partial charge in [0.05, 0.1) is 16.6 Å². The van der Waals surface area contributed by atoms with Crippen LogP contribution in [0.15, 0.2) is 23.2 Å². The van der Waals surface area contributed by atoms with Gasteiger partial charge in [-0.25, -0.2) is 0 Å². The first-order valence-electron chi connectivity index (χ1n) is 6.06. The molecule has 0 saturated carbocycles. The minimum atomic E-state index is 0.0215. The van der Waals surface area contributed by atoms with E-state index in [2.05, 4.69) is 10.3 Å². The van der Waals surface area contributed by atoms with Crippen molar-refractivity contribution in [2.45, 2.75) is 19.3 Å². The van der Waals surface area contributed by atoms with Crippen LogP contribution in [0.2, 0.25) is 10.0 Å². The van der Waals surface area contributed by atoms with Gasteiger partial charge in [0.2, 0.25) is 5.91 Å². The number of carbonyl (C=O) groups excluding carboxylic acids is 1. The lowest BCUT2D eigenvalue weighted by Crippen LogP contribution is -2.27. The Balaban J connectivity index is 1.73. The smallest absolute Gasteiger partial charge is 0.225 e. The molecule has 0 fully saturated rings. The average molecular weight is 317 g/mol. The van der Waals surface area contributed by atoms with Crippen molar-refractivity contribution in [2.75, 3.05) is 12.3 Å². The normalized spacial score (nSPS) is 14.3. The monoisotopic (exact) mass is 316 g/mol. The third-order valence-corrected chi connectivity index (χ3v) is 4.32. The molecular weight excluding hydrogens is 303 g/mol. The molecule has 102 valence electrons. The molecule has 0 aliphatic carbocycles. The molecule has 1 aromatic rings. The number of rotatable bonds is 4. The fourth-order valence-electron chi connectivity index (χ4n) is 1.74. The predicted octanol–water partition coefficient (Wildman–Crippen LogP) is 3.54. The molecule has 1 N–H and O–H groups in total. The highest BCUT2D eigenvalue weighted by molar-refractivity contribution is 8.14. The molecule has 0 radical (unpaired) electrons. The largest absolute Gasteiger partial charge is 0.305 e. The van der Waals surface area contributed by atoms with Crippen LogP contribution in [0.3, 0.4) is 0 Å². The van der Waals surface area contributed by atoms with Gasteiger partial charge in [-0.3, -0.25) is 9.79 Å². The van der Waals surface area contributed by atoms with Gasteiger partial charge in [0.25, 0.3) is 0 Å². The van der Waals surface area contributed by atoms with Crippen LogP contribution in [0.25, 0.3) is 0 Å².